The SMILES string of the molecule is CCOC(=O)c1ccc2c(c1)c(C(=O)OCC)c(=O)n1ccccc21. The Balaban J connectivity index is 2.39. The van der Waals surface area contributed by atoms with Crippen molar-refractivity contribution in [1.82, 2.24) is 4.40 Å². The Morgan fingerprint density at radius 1 is 0.960 bits per heavy atom. The number of nitrogens with zero attached hydrogens (tertiary/aromatic N) is 1. The Bertz CT molecular complexity index is 1040. The van der Waals surface area contributed by atoms with Crippen molar-refractivity contribution in [3.63, 3.8) is 0 Å². The third-order valence-corrected chi connectivity index (χ3v) is 3.85. The van der Waals surface area contributed by atoms with Crippen LogP contribution in [-0.4, -0.2) is 29.6 Å². The molecule has 2 heterocycles. The Morgan fingerprint density at radius 2 is 1.68 bits per heavy atom. The normalized spacial score (nSPS) is 10.8. The highest BCUT2D eigenvalue weighted by atomic mass is 16.5. The van der Waals surface area contributed by atoms with E-state index in [1.807, 2.05) is 0 Å². The summed E-state index contributed by atoms with van der Waals surface area (Å²) in [7, 11) is 0. The Morgan fingerprint density at radius 3 is 2.40 bits per heavy atom. The summed E-state index contributed by atoms with van der Waals surface area (Å²) in [6.45, 7) is 3.77. The Labute approximate surface area is 143 Å². The standard InChI is InChI=1S/C19H17NO5/c1-3-24-18(22)12-8-9-13-14(11-12)16(19(23)25-4-2)17(21)20-10-6-5-7-15(13)20/h5-11H,3-4H2,1-2H3. The van der Waals surface area contributed by atoms with Crippen LogP contribution in [0.1, 0.15) is 34.6 Å². The molecule has 0 saturated carbocycles. The molecule has 3 aromatic rings. The second kappa shape index (κ2) is 6.76. The van der Waals surface area contributed by atoms with E-state index in [1.165, 1.54) is 10.5 Å². The van der Waals surface area contributed by atoms with Crippen LogP contribution in [0.3, 0.4) is 0 Å². The number of carbonyl (C=O) groups is 2. The molecule has 128 valence electrons. The molecule has 0 amide bonds. The molecule has 3 rings (SSSR count). The average molecular weight is 339 g/mol. The van der Waals surface area contributed by atoms with Gasteiger partial charge in [-0.15, -0.1) is 0 Å². The summed E-state index contributed by atoms with van der Waals surface area (Å²) in [6.07, 6.45) is 1.60. The lowest BCUT2D eigenvalue weighted by Gasteiger charge is -2.11. The van der Waals surface area contributed by atoms with E-state index >= 15 is 0 Å². The van der Waals surface area contributed by atoms with Crippen molar-refractivity contribution in [2.75, 3.05) is 13.2 Å². The molecule has 0 spiro atoms. The van der Waals surface area contributed by atoms with Gasteiger partial charge in [-0.05, 0) is 38.1 Å². The number of hydrogen-bond donors (Lipinski definition) is 0. The molecule has 0 radical (unpaired) electrons. The van der Waals surface area contributed by atoms with E-state index < -0.39 is 17.5 Å². The van der Waals surface area contributed by atoms with Gasteiger partial charge in [0.1, 0.15) is 5.56 Å². The molecule has 2 aromatic heterocycles. The Kier molecular flexibility index (Phi) is 4.52. The van der Waals surface area contributed by atoms with Gasteiger partial charge in [-0.2, -0.15) is 0 Å². The molecular formula is C19H17NO5. The van der Waals surface area contributed by atoms with Gasteiger partial charge in [0.05, 0.1) is 24.3 Å². The van der Waals surface area contributed by atoms with E-state index in [-0.39, 0.29) is 24.3 Å². The average Bonchev–Trinajstić information content (AvgIpc) is 2.62. The van der Waals surface area contributed by atoms with Gasteiger partial charge in [0.15, 0.2) is 0 Å². The summed E-state index contributed by atoms with van der Waals surface area (Å²) in [6, 6.07) is 10.1. The summed E-state index contributed by atoms with van der Waals surface area (Å²) in [5.41, 5.74) is 0.347. The first kappa shape index (κ1) is 16.7. The van der Waals surface area contributed by atoms with Crippen molar-refractivity contribution in [3.05, 3.63) is 64.1 Å². The number of fused-ring (bicyclic) bond motifs is 3. The van der Waals surface area contributed by atoms with E-state index in [0.29, 0.717) is 16.3 Å². The van der Waals surface area contributed by atoms with Crippen molar-refractivity contribution in [2.24, 2.45) is 0 Å². The molecule has 0 fully saturated rings. The van der Waals surface area contributed by atoms with Crippen molar-refractivity contribution < 1.29 is 19.1 Å². The first-order valence-electron chi connectivity index (χ1n) is 7.99. The summed E-state index contributed by atoms with van der Waals surface area (Å²) < 4.78 is 11.5. The molecule has 0 unspecified atom stereocenters. The number of pyridine rings is 2. The number of hydrogen-bond acceptors (Lipinski definition) is 5. The number of benzene rings is 1. The molecule has 0 aliphatic rings. The number of carbonyl (C=O) groups excluding carboxylic acids is 2. The maximum Gasteiger partial charge on any atom is 0.344 e. The molecule has 1 aromatic carbocycles. The quantitative estimate of drug-likeness (QED) is 0.540. The van der Waals surface area contributed by atoms with Gasteiger partial charge >= 0.3 is 11.9 Å². The highest BCUT2D eigenvalue weighted by Crippen LogP contribution is 2.24. The fourth-order valence-electron chi connectivity index (χ4n) is 2.79. The first-order chi connectivity index (χ1) is 12.1. The van der Waals surface area contributed by atoms with Gasteiger partial charge < -0.3 is 9.47 Å². The summed E-state index contributed by atoms with van der Waals surface area (Å²) in [5, 5.41) is 1.05. The van der Waals surface area contributed by atoms with Gasteiger partial charge in [-0.1, -0.05) is 12.1 Å². The zero-order valence-corrected chi connectivity index (χ0v) is 13.9. The van der Waals surface area contributed by atoms with Gasteiger partial charge in [0, 0.05) is 17.0 Å². The highest BCUT2D eigenvalue weighted by Gasteiger charge is 2.21. The maximum atomic E-state index is 12.8. The monoisotopic (exact) mass is 339 g/mol. The number of rotatable bonds is 4. The van der Waals surface area contributed by atoms with Crippen LogP contribution in [0.15, 0.2) is 47.4 Å². The Hall–Kier alpha value is -3.15. The molecule has 0 aliphatic heterocycles. The largest absolute Gasteiger partial charge is 0.462 e. The fourth-order valence-corrected chi connectivity index (χ4v) is 2.79. The van der Waals surface area contributed by atoms with E-state index in [4.69, 9.17) is 9.47 Å². The third-order valence-electron chi connectivity index (χ3n) is 3.85. The van der Waals surface area contributed by atoms with Crippen molar-refractivity contribution in [3.8, 4) is 0 Å². The minimum atomic E-state index is -0.711. The molecule has 0 atom stereocenters. The smallest absolute Gasteiger partial charge is 0.344 e. The van der Waals surface area contributed by atoms with Crippen LogP contribution in [0.25, 0.3) is 16.3 Å². The van der Waals surface area contributed by atoms with Crippen LogP contribution in [-0.2, 0) is 9.47 Å². The first-order valence-corrected chi connectivity index (χ1v) is 7.99. The predicted molar refractivity (Wildman–Crippen MR) is 93.1 cm³/mol. The molecule has 25 heavy (non-hydrogen) atoms. The van der Waals surface area contributed by atoms with Gasteiger partial charge in [0.25, 0.3) is 5.56 Å². The molecular weight excluding hydrogens is 322 g/mol. The van der Waals surface area contributed by atoms with Gasteiger partial charge in [0.2, 0.25) is 0 Å². The topological polar surface area (TPSA) is 74.1 Å². The predicted octanol–water partition coefficient (Wildman–Crippen LogP) is 2.81. The maximum absolute atomic E-state index is 12.8. The lowest BCUT2D eigenvalue weighted by atomic mass is 10.0. The van der Waals surface area contributed by atoms with Gasteiger partial charge in [-0.3, -0.25) is 9.20 Å². The van der Waals surface area contributed by atoms with Crippen LogP contribution < -0.4 is 5.56 Å². The molecule has 0 bridgehead atoms. The lowest BCUT2D eigenvalue weighted by Crippen LogP contribution is -2.24. The molecule has 6 nitrogen and oxygen atoms in total. The van der Waals surface area contributed by atoms with Crippen molar-refractivity contribution in [1.29, 1.82) is 0 Å². The van der Waals surface area contributed by atoms with Crippen LogP contribution in [0.5, 0.6) is 0 Å². The highest BCUT2D eigenvalue weighted by molar-refractivity contribution is 6.10. The second-order valence-electron chi connectivity index (χ2n) is 5.34. The second-order valence-corrected chi connectivity index (χ2v) is 5.34. The van der Waals surface area contributed by atoms with Crippen LogP contribution in [0.4, 0.5) is 0 Å². The molecule has 6 heteroatoms. The zero-order valence-electron chi connectivity index (χ0n) is 13.9. The van der Waals surface area contributed by atoms with E-state index in [0.717, 1.165) is 0 Å². The zero-order chi connectivity index (χ0) is 18.0. The van der Waals surface area contributed by atoms with E-state index in [9.17, 15) is 14.4 Å². The summed E-state index contributed by atoms with van der Waals surface area (Å²) >= 11 is 0. The van der Waals surface area contributed by atoms with Gasteiger partial charge in [-0.25, -0.2) is 9.59 Å². The summed E-state index contributed by atoms with van der Waals surface area (Å²) in [5.74, 6) is -1.22. The number of aromatic nitrogens is 1. The number of ether oxygens (including phenoxy) is 2. The molecule has 0 aliphatic carbocycles. The van der Waals surface area contributed by atoms with E-state index in [2.05, 4.69) is 0 Å². The number of esters is 2. The minimum Gasteiger partial charge on any atom is -0.462 e. The third kappa shape index (κ3) is 2.87. The van der Waals surface area contributed by atoms with Crippen molar-refractivity contribution >= 4 is 28.2 Å². The summed E-state index contributed by atoms with van der Waals surface area (Å²) in [4.78, 5) is 37.2. The molecule has 0 saturated heterocycles. The van der Waals surface area contributed by atoms with Crippen LogP contribution in [0.2, 0.25) is 0 Å². The fraction of sp³-hybridized carbons (Fsp3) is 0.211. The van der Waals surface area contributed by atoms with Crippen molar-refractivity contribution in [2.45, 2.75) is 13.8 Å². The lowest BCUT2D eigenvalue weighted by molar-refractivity contribution is 0.0514. The van der Waals surface area contributed by atoms with Crippen LogP contribution >= 0.6 is 0 Å². The minimum absolute atomic E-state index is 0.0910. The van der Waals surface area contributed by atoms with Crippen LogP contribution in [0, 0.1) is 0 Å². The van der Waals surface area contributed by atoms with E-state index in [1.54, 1.807) is 50.4 Å². The molecule has 0 N–H and O–H groups in total.